The lowest BCUT2D eigenvalue weighted by Gasteiger charge is -2.10. The molecule has 0 aliphatic rings. The van der Waals surface area contributed by atoms with Crippen LogP contribution in [0.4, 0.5) is 17.1 Å². The monoisotopic (exact) mass is 331 g/mol. The number of carbonyl (C=O) groups excluding carboxylic acids is 1. The summed E-state index contributed by atoms with van der Waals surface area (Å²) in [6.07, 6.45) is 0.0144. The third-order valence-corrected chi connectivity index (χ3v) is 3.15. The van der Waals surface area contributed by atoms with E-state index in [0.717, 1.165) is 17.7 Å². The second-order valence-corrected chi connectivity index (χ2v) is 4.77. The van der Waals surface area contributed by atoms with Gasteiger partial charge in [-0.05, 0) is 5.56 Å². The van der Waals surface area contributed by atoms with E-state index in [-0.39, 0.29) is 17.9 Å². The highest BCUT2D eigenvalue weighted by Crippen LogP contribution is 2.38. The van der Waals surface area contributed by atoms with Gasteiger partial charge in [0.25, 0.3) is 5.69 Å². The Hall–Kier alpha value is -3.49. The van der Waals surface area contributed by atoms with Crippen molar-refractivity contribution in [2.45, 2.75) is 6.42 Å². The molecule has 0 fully saturated rings. The Balaban J connectivity index is 2.35. The van der Waals surface area contributed by atoms with Gasteiger partial charge in [0.1, 0.15) is 0 Å². The lowest BCUT2D eigenvalue weighted by atomic mass is 10.1. The van der Waals surface area contributed by atoms with Crippen LogP contribution in [0.1, 0.15) is 5.56 Å². The molecule has 0 radical (unpaired) electrons. The van der Waals surface area contributed by atoms with Crippen molar-refractivity contribution in [2.75, 3.05) is 12.4 Å². The van der Waals surface area contributed by atoms with Gasteiger partial charge in [0, 0.05) is 6.07 Å². The molecule has 1 amide bonds. The number of methoxy groups -OCH3 is 1. The van der Waals surface area contributed by atoms with Crippen LogP contribution >= 0.6 is 0 Å². The number of hydrogen-bond donors (Lipinski definition) is 1. The number of anilines is 1. The predicted octanol–water partition coefficient (Wildman–Crippen LogP) is 2.69. The molecule has 0 saturated heterocycles. The van der Waals surface area contributed by atoms with E-state index >= 15 is 0 Å². The van der Waals surface area contributed by atoms with Crippen LogP contribution in [0.2, 0.25) is 0 Å². The number of nitrogens with zero attached hydrogens (tertiary/aromatic N) is 2. The van der Waals surface area contributed by atoms with Crippen LogP contribution in [-0.4, -0.2) is 22.9 Å². The van der Waals surface area contributed by atoms with Crippen LogP contribution in [0.5, 0.6) is 5.75 Å². The molecule has 24 heavy (non-hydrogen) atoms. The zero-order valence-electron chi connectivity index (χ0n) is 12.6. The average molecular weight is 331 g/mol. The summed E-state index contributed by atoms with van der Waals surface area (Å²) in [5.74, 6) is -0.721. The van der Waals surface area contributed by atoms with Gasteiger partial charge < -0.3 is 10.1 Å². The van der Waals surface area contributed by atoms with Crippen LogP contribution in [0.25, 0.3) is 0 Å². The predicted molar refractivity (Wildman–Crippen MR) is 85.1 cm³/mol. The van der Waals surface area contributed by atoms with E-state index in [1.165, 1.54) is 7.11 Å². The maximum absolute atomic E-state index is 12.1. The van der Waals surface area contributed by atoms with Gasteiger partial charge in [-0.3, -0.25) is 25.0 Å². The topological polar surface area (TPSA) is 125 Å². The highest BCUT2D eigenvalue weighted by molar-refractivity contribution is 5.95. The number of nitro benzene ring substituents is 2. The fourth-order valence-corrected chi connectivity index (χ4v) is 2.12. The smallest absolute Gasteiger partial charge is 0.320 e. The van der Waals surface area contributed by atoms with Crippen LogP contribution in [0, 0.1) is 20.2 Å². The quantitative estimate of drug-likeness (QED) is 0.641. The van der Waals surface area contributed by atoms with Crippen molar-refractivity contribution in [3.8, 4) is 5.75 Å². The molecule has 0 aromatic heterocycles. The molecule has 0 heterocycles. The molecule has 0 saturated carbocycles. The van der Waals surface area contributed by atoms with Crippen molar-refractivity contribution in [3.63, 3.8) is 0 Å². The first-order valence-corrected chi connectivity index (χ1v) is 6.77. The number of rotatable bonds is 6. The minimum Gasteiger partial charge on any atom is -0.489 e. The van der Waals surface area contributed by atoms with Crippen molar-refractivity contribution in [2.24, 2.45) is 0 Å². The van der Waals surface area contributed by atoms with Crippen LogP contribution < -0.4 is 10.1 Å². The van der Waals surface area contributed by atoms with E-state index in [0.29, 0.717) is 0 Å². The Kier molecular flexibility index (Phi) is 5.05. The molecule has 124 valence electrons. The van der Waals surface area contributed by atoms with Gasteiger partial charge in [0.15, 0.2) is 0 Å². The summed E-state index contributed by atoms with van der Waals surface area (Å²) in [6.45, 7) is 0. The highest BCUT2D eigenvalue weighted by Gasteiger charge is 2.26. The van der Waals surface area contributed by atoms with Gasteiger partial charge in [-0.15, -0.1) is 0 Å². The van der Waals surface area contributed by atoms with Crippen molar-refractivity contribution in [3.05, 3.63) is 68.3 Å². The van der Waals surface area contributed by atoms with Crippen LogP contribution in [0.3, 0.4) is 0 Å². The number of hydrogen-bond acceptors (Lipinski definition) is 6. The van der Waals surface area contributed by atoms with Gasteiger partial charge >= 0.3 is 5.69 Å². The standard InChI is InChI=1S/C15H13N3O6/c1-24-15-12(8-11(17(20)21)9-13(15)18(22)23)16-14(19)7-10-5-3-2-4-6-10/h2-6,8-9H,7H2,1H3,(H,16,19). The second kappa shape index (κ2) is 7.18. The van der Waals surface area contributed by atoms with Crippen LogP contribution in [-0.2, 0) is 11.2 Å². The number of carbonyl (C=O) groups is 1. The summed E-state index contributed by atoms with van der Waals surface area (Å²) < 4.78 is 4.94. The molecule has 0 unspecified atom stereocenters. The number of non-ortho nitro benzene ring substituents is 1. The van der Waals surface area contributed by atoms with E-state index in [2.05, 4.69) is 5.32 Å². The van der Waals surface area contributed by atoms with Gasteiger partial charge in [-0.2, -0.15) is 0 Å². The summed E-state index contributed by atoms with van der Waals surface area (Å²) in [7, 11) is 1.18. The molecule has 2 rings (SSSR count). The normalized spacial score (nSPS) is 10.0. The number of nitro groups is 2. The maximum atomic E-state index is 12.1. The third-order valence-electron chi connectivity index (χ3n) is 3.15. The Morgan fingerprint density at radius 2 is 1.79 bits per heavy atom. The maximum Gasteiger partial charge on any atom is 0.320 e. The molecule has 0 aliphatic heterocycles. The van der Waals surface area contributed by atoms with Gasteiger partial charge in [0.2, 0.25) is 11.7 Å². The fourth-order valence-electron chi connectivity index (χ4n) is 2.12. The number of nitrogens with one attached hydrogen (secondary N) is 1. The van der Waals surface area contributed by atoms with Crippen LogP contribution in [0.15, 0.2) is 42.5 Å². The largest absolute Gasteiger partial charge is 0.489 e. The zero-order chi connectivity index (χ0) is 17.7. The molecule has 9 nitrogen and oxygen atoms in total. The van der Waals surface area contributed by atoms with E-state index < -0.39 is 27.1 Å². The number of amides is 1. The Bertz CT molecular complexity index is 791. The fraction of sp³-hybridized carbons (Fsp3) is 0.133. The molecule has 2 aromatic carbocycles. The molecule has 9 heteroatoms. The molecule has 1 N–H and O–H groups in total. The van der Waals surface area contributed by atoms with Crippen molar-refractivity contribution >= 4 is 23.0 Å². The second-order valence-electron chi connectivity index (χ2n) is 4.77. The minimum atomic E-state index is -0.807. The lowest BCUT2D eigenvalue weighted by molar-refractivity contribution is -0.394. The summed E-state index contributed by atoms with van der Waals surface area (Å²) in [5, 5.41) is 24.4. The Labute approximate surface area is 136 Å². The van der Waals surface area contributed by atoms with E-state index in [4.69, 9.17) is 4.74 Å². The average Bonchev–Trinajstić information content (AvgIpc) is 2.54. The molecule has 0 atom stereocenters. The molecule has 0 aliphatic carbocycles. The first-order chi connectivity index (χ1) is 11.4. The van der Waals surface area contributed by atoms with E-state index in [9.17, 15) is 25.0 Å². The van der Waals surface area contributed by atoms with Gasteiger partial charge in [-0.25, -0.2) is 0 Å². The van der Waals surface area contributed by atoms with Crippen molar-refractivity contribution in [1.82, 2.24) is 0 Å². The molecular weight excluding hydrogens is 318 g/mol. The number of ether oxygens (including phenoxy) is 1. The molecular formula is C15H13N3O6. The molecule has 0 bridgehead atoms. The minimum absolute atomic E-state index is 0.0144. The SMILES string of the molecule is COc1c(NC(=O)Cc2ccccc2)cc([N+](=O)[O-])cc1[N+](=O)[O-]. The Morgan fingerprint density at radius 1 is 1.12 bits per heavy atom. The molecule has 0 spiro atoms. The van der Waals surface area contributed by atoms with E-state index in [1.807, 2.05) is 0 Å². The Morgan fingerprint density at radius 3 is 2.33 bits per heavy atom. The summed E-state index contributed by atoms with van der Waals surface area (Å²) >= 11 is 0. The first-order valence-electron chi connectivity index (χ1n) is 6.77. The number of benzene rings is 2. The first kappa shape index (κ1) is 16.9. The van der Waals surface area contributed by atoms with Crippen molar-refractivity contribution < 1.29 is 19.4 Å². The summed E-state index contributed by atoms with van der Waals surface area (Å²) in [6, 6.07) is 10.6. The van der Waals surface area contributed by atoms with Gasteiger partial charge in [0.05, 0.1) is 35.1 Å². The zero-order valence-corrected chi connectivity index (χ0v) is 12.6. The van der Waals surface area contributed by atoms with Crippen molar-refractivity contribution in [1.29, 1.82) is 0 Å². The third kappa shape index (κ3) is 3.83. The summed E-state index contributed by atoms with van der Waals surface area (Å²) in [5.41, 5.74) is -0.507. The molecule has 2 aromatic rings. The summed E-state index contributed by atoms with van der Waals surface area (Å²) in [4.78, 5) is 32.5. The highest BCUT2D eigenvalue weighted by atomic mass is 16.6. The lowest BCUT2D eigenvalue weighted by Crippen LogP contribution is -2.15. The van der Waals surface area contributed by atoms with E-state index in [1.54, 1.807) is 30.3 Å². The van der Waals surface area contributed by atoms with Gasteiger partial charge in [-0.1, -0.05) is 30.3 Å².